The van der Waals surface area contributed by atoms with Crippen LogP contribution in [0.4, 0.5) is 0 Å². The third-order valence-electron chi connectivity index (χ3n) is 1.74. The van der Waals surface area contributed by atoms with Gasteiger partial charge in [0.1, 0.15) is 0 Å². The summed E-state index contributed by atoms with van der Waals surface area (Å²) in [6, 6.07) is 5.87. The van der Waals surface area contributed by atoms with Crippen LogP contribution in [-0.2, 0) is 4.79 Å². The molecule has 1 amide bonds. The van der Waals surface area contributed by atoms with Gasteiger partial charge in [-0.25, -0.2) is 4.98 Å². The maximum Gasteiger partial charge on any atom is 0.233 e. The van der Waals surface area contributed by atoms with Gasteiger partial charge in [0.25, 0.3) is 0 Å². The Hall–Kier alpha value is -1.03. The van der Waals surface area contributed by atoms with Crippen molar-refractivity contribution in [1.29, 1.82) is 0 Å². The molecule has 0 fully saturated rings. The fraction of sp³-hybridized carbons (Fsp3) is 0.455. The van der Waals surface area contributed by atoms with Gasteiger partial charge in [0.2, 0.25) is 5.91 Å². The molecule has 4 heteroatoms. The first kappa shape index (κ1) is 12.0. The summed E-state index contributed by atoms with van der Waals surface area (Å²) in [5.74, 6) is 0.0562. The van der Waals surface area contributed by atoms with Crippen LogP contribution in [0.2, 0.25) is 0 Å². The molecule has 1 N–H and O–H groups in total. The first-order valence-electron chi connectivity index (χ1n) is 4.97. The lowest BCUT2D eigenvalue weighted by Crippen LogP contribution is -2.35. The van der Waals surface area contributed by atoms with Crippen LogP contribution in [0.1, 0.15) is 20.8 Å². The zero-order valence-electron chi connectivity index (χ0n) is 9.23. The second-order valence-electron chi connectivity index (χ2n) is 3.59. The van der Waals surface area contributed by atoms with Crippen LogP contribution in [-0.4, -0.2) is 22.2 Å². The molecule has 0 aliphatic heterocycles. The highest BCUT2D eigenvalue weighted by atomic mass is 32.2. The molecule has 0 aliphatic carbocycles. The molecular weight excluding hydrogens is 208 g/mol. The first-order valence-corrected chi connectivity index (χ1v) is 5.85. The highest BCUT2D eigenvalue weighted by molar-refractivity contribution is 8.00. The van der Waals surface area contributed by atoms with E-state index in [2.05, 4.69) is 10.3 Å². The fourth-order valence-electron chi connectivity index (χ4n) is 1.05. The predicted molar refractivity (Wildman–Crippen MR) is 62.8 cm³/mol. The zero-order chi connectivity index (χ0) is 11.3. The van der Waals surface area contributed by atoms with E-state index in [-0.39, 0.29) is 17.2 Å². The molecule has 1 rings (SSSR count). The van der Waals surface area contributed by atoms with Crippen molar-refractivity contribution in [2.24, 2.45) is 0 Å². The SMILES string of the molecule is CC(C)NC(=O)C(C)Sc1ccccn1. The van der Waals surface area contributed by atoms with E-state index in [9.17, 15) is 4.79 Å². The lowest BCUT2D eigenvalue weighted by Gasteiger charge is -2.13. The average Bonchev–Trinajstić information content (AvgIpc) is 2.18. The van der Waals surface area contributed by atoms with Crippen molar-refractivity contribution in [1.82, 2.24) is 10.3 Å². The number of thioether (sulfide) groups is 1. The van der Waals surface area contributed by atoms with Gasteiger partial charge in [-0.2, -0.15) is 0 Å². The number of aromatic nitrogens is 1. The van der Waals surface area contributed by atoms with Crippen LogP contribution < -0.4 is 5.32 Å². The smallest absolute Gasteiger partial charge is 0.233 e. The largest absolute Gasteiger partial charge is 0.353 e. The summed E-state index contributed by atoms with van der Waals surface area (Å²) in [5.41, 5.74) is 0. The predicted octanol–water partition coefficient (Wildman–Crippen LogP) is 2.09. The molecule has 15 heavy (non-hydrogen) atoms. The van der Waals surface area contributed by atoms with Gasteiger partial charge in [-0.15, -0.1) is 0 Å². The molecule has 3 nitrogen and oxygen atoms in total. The number of pyridine rings is 1. The molecule has 82 valence electrons. The Morgan fingerprint density at radius 3 is 2.67 bits per heavy atom. The maximum absolute atomic E-state index is 11.6. The summed E-state index contributed by atoms with van der Waals surface area (Å²) >= 11 is 1.47. The Morgan fingerprint density at radius 1 is 1.40 bits per heavy atom. The van der Waals surface area contributed by atoms with Crippen LogP contribution in [0.15, 0.2) is 29.4 Å². The van der Waals surface area contributed by atoms with E-state index in [1.807, 2.05) is 39.0 Å². The molecule has 0 bridgehead atoms. The van der Waals surface area contributed by atoms with E-state index >= 15 is 0 Å². The normalized spacial score (nSPS) is 12.5. The summed E-state index contributed by atoms with van der Waals surface area (Å²) in [7, 11) is 0. The number of hydrogen-bond acceptors (Lipinski definition) is 3. The minimum absolute atomic E-state index is 0.0562. The molecule has 1 aromatic heterocycles. The minimum Gasteiger partial charge on any atom is -0.353 e. The van der Waals surface area contributed by atoms with Crippen molar-refractivity contribution in [2.45, 2.75) is 37.1 Å². The first-order chi connectivity index (χ1) is 7.09. The van der Waals surface area contributed by atoms with Crippen molar-refractivity contribution >= 4 is 17.7 Å². The van der Waals surface area contributed by atoms with Crippen molar-refractivity contribution in [2.75, 3.05) is 0 Å². The Bertz CT molecular complexity index is 314. The van der Waals surface area contributed by atoms with Gasteiger partial charge in [-0.3, -0.25) is 4.79 Å². The maximum atomic E-state index is 11.6. The van der Waals surface area contributed by atoms with E-state index in [4.69, 9.17) is 0 Å². The van der Waals surface area contributed by atoms with Gasteiger partial charge in [0, 0.05) is 12.2 Å². The van der Waals surface area contributed by atoms with Crippen molar-refractivity contribution in [3.05, 3.63) is 24.4 Å². The topological polar surface area (TPSA) is 42.0 Å². The third kappa shape index (κ3) is 4.34. The van der Waals surface area contributed by atoms with E-state index in [0.29, 0.717) is 0 Å². The van der Waals surface area contributed by atoms with Crippen molar-refractivity contribution in [3.8, 4) is 0 Å². The van der Waals surface area contributed by atoms with Crippen LogP contribution in [0.5, 0.6) is 0 Å². The van der Waals surface area contributed by atoms with E-state index in [1.165, 1.54) is 11.8 Å². The number of amides is 1. The molecule has 0 aliphatic rings. The molecule has 1 aromatic rings. The number of nitrogens with zero attached hydrogens (tertiary/aromatic N) is 1. The fourth-order valence-corrected chi connectivity index (χ4v) is 1.87. The number of carbonyl (C=O) groups is 1. The molecule has 1 atom stereocenters. The molecule has 1 unspecified atom stereocenters. The Kier molecular flexibility index (Phi) is 4.62. The monoisotopic (exact) mass is 224 g/mol. The van der Waals surface area contributed by atoms with Gasteiger partial charge in [0.15, 0.2) is 0 Å². The summed E-state index contributed by atoms with van der Waals surface area (Å²) < 4.78 is 0. The Morgan fingerprint density at radius 2 is 2.13 bits per heavy atom. The third-order valence-corrected chi connectivity index (χ3v) is 2.79. The molecule has 0 aromatic carbocycles. The molecule has 0 radical (unpaired) electrons. The Balaban J connectivity index is 2.49. The molecule has 0 saturated heterocycles. The number of nitrogens with one attached hydrogen (secondary N) is 1. The summed E-state index contributed by atoms with van der Waals surface area (Å²) in [5, 5.41) is 3.64. The molecule has 0 saturated carbocycles. The number of carbonyl (C=O) groups excluding carboxylic acids is 1. The number of hydrogen-bond donors (Lipinski definition) is 1. The van der Waals surface area contributed by atoms with Crippen LogP contribution in [0.3, 0.4) is 0 Å². The minimum atomic E-state index is -0.109. The van der Waals surface area contributed by atoms with Crippen molar-refractivity contribution < 1.29 is 4.79 Å². The highest BCUT2D eigenvalue weighted by Gasteiger charge is 2.15. The van der Waals surface area contributed by atoms with Gasteiger partial charge in [0.05, 0.1) is 10.3 Å². The quantitative estimate of drug-likeness (QED) is 0.796. The average molecular weight is 224 g/mol. The molecular formula is C11H16N2OS. The molecule has 1 heterocycles. The second-order valence-corrected chi connectivity index (χ2v) is 4.95. The van der Waals surface area contributed by atoms with E-state index in [0.717, 1.165) is 5.03 Å². The van der Waals surface area contributed by atoms with Gasteiger partial charge in [-0.05, 0) is 32.9 Å². The summed E-state index contributed by atoms with van der Waals surface area (Å²) in [4.78, 5) is 15.8. The lowest BCUT2D eigenvalue weighted by atomic mass is 10.3. The molecule has 0 spiro atoms. The number of rotatable bonds is 4. The van der Waals surface area contributed by atoms with Crippen molar-refractivity contribution in [3.63, 3.8) is 0 Å². The van der Waals surface area contributed by atoms with Crippen LogP contribution in [0, 0.1) is 0 Å². The van der Waals surface area contributed by atoms with Gasteiger partial charge >= 0.3 is 0 Å². The Labute approximate surface area is 94.7 Å². The standard InChI is InChI=1S/C11H16N2OS/c1-8(2)13-11(14)9(3)15-10-6-4-5-7-12-10/h4-9H,1-3H3,(H,13,14). The van der Waals surface area contributed by atoms with E-state index in [1.54, 1.807) is 6.20 Å². The zero-order valence-corrected chi connectivity index (χ0v) is 10.0. The van der Waals surface area contributed by atoms with Crippen LogP contribution in [0.25, 0.3) is 0 Å². The second kappa shape index (κ2) is 5.75. The van der Waals surface area contributed by atoms with E-state index < -0.39 is 0 Å². The highest BCUT2D eigenvalue weighted by Crippen LogP contribution is 2.20. The van der Waals surface area contributed by atoms with Gasteiger partial charge in [-0.1, -0.05) is 17.8 Å². The lowest BCUT2D eigenvalue weighted by molar-refractivity contribution is -0.120. The van der Waals surface area contributed by atoms with Crippen LogP contribution >= 0.6 is 11.8 Å². The summed E-state index contributed by atoms with van der Waals surface area (Å²) in [6.45, 7) is 5.79. The summed E-state index contributed by atoms with van der Waals surface area (Å²) in [6.07, 6.45) is 1.73. The van der Waals surface area contributed by atoms with Gasteiger partial charge < -0.3 is 5.32 Å².